The molecule has 0 aliphatic carbocycles. The van der Waals surface area contributed by atoms with Crippen LogP contribution in [-0.4, -0.2) is 169 Å². The van der Waals surface area contributed by atoms with Gasteiger partial charge < -0.3 is 88.6 Å². The second-order valence-corrected chi connectivity index (χ2v) is 14.4. The van der Waals surface area contributed by atoms with Crippen LogP contribution >= 0.6 is 0 Å². The lowest BCUT2D eigenvalue weighted by Gasteiger charge is -2.47. The van der Waals surface area contributed by atoms with E-state index < -0.39 is 140 Å². The van der Waals surface area contributed by atoms with Crippen molar-refractivity contribution in [2.24, 2.45) is 0 Å². The number of benzene rings is 2. The van der Waals surface area contributed by atoms with Gasteiger partial charge in [0.25, 0.3) is 0 Å². The lowest BCUT2D eigenvalue weighted by Crippen LogP contribution is -2.65. The number of aliphatic hydroxyl groups excluding tert-OH is 6. The zero-order chi connectivity index (χ0) is 42.3. The van der Waals surface area contributed by atoms with Crippen molar-refractivity contribution in [3.05, 3.63) is 47.5 Å². The molecular weight excluding hydrogens is 780 g/mol. The molecule has 21 heteroatoms. The first-order valence-corrected chi connectivity index (χ1v) is 18.2. The number of carbonyl (C=O) groups is 3. The number of rotatable bonds is 10. The second kappa shape index (κ2) is 17.6. The molecule has 2 aromatic rings. The van der Waals surface area contributed by atoms with Gasteiger partial charge in [0, 0.05) is 26.0 Å². The van der Waals surface area contributed by atoms with Crippen LogP contribution in [0, 0.1) is 0 Å². The Kier molecular flexibility index (Phi) is 13.1. The number of esters is 2. The summed E-state index contributed by atoms with van der Waals surface area (Å²) in [5.74, 6) is -3.97. The molecule has 3 fully saturated rings. The predicted molar refractivity (Wildman–Crippen MR) is 186 cm³/mol. The lowest BCUT2D eigenvalue weighted by atomic mass is 9.92. The largest absolute Gasteiger partial charge is 0.508 e. The van der Waals surface area contributed by atoms with Crippen LogP contribution in [0.5, 0.6) is 23.0 Å². The molecule has 0 aromatic heterocycles. The SMILES string of the molecule is CC(=O)O[C@@H]1[C@@H](O[C@@H]2O[C@H](C)[C@H](O)[C@@H](O)[C@H]2O)[C@@H](OC(C)=O)[C@H](OC[C@H]2O[C@@H](OC3C(=O)c4c(O)cc(O)cc4OC3c3ccc(O)cc3)[C@H](O)[C@H](O)[C@H]2O)O[C@@H]1C. The topological polar surface area (TPSA) is 316 Å². The normalized spacial score (nSPS) is 38.9. The van der Waals surface area contributed by atoms with Gasteiger partial charge in [0.05, 0.1) is 18.8 Å². The van der Waals surface area contributed by atoms with Crippen LogP contribution in [0.15, 0.2) is 36.4 Å². The Morgan fingerprint density at radius 1 is 0.655 bits per heavy atom. The van der Waals surface area contributed by atoms with Crippen LogP contribution in [0.1, 0.15) is 49.7 Å². The first-order chi connectivity index (χ1) is 27.4. The van der Waals surface area contributed by atoms with Crippen molar-refractivity contribution < 1.29 is 103 Å². The van der Waals surface area contributed by atoms with Gasteiger partial charge in [-0.3, -0.25) is 14.4 Å². The summed E-state index contributed by atoms with van der Waals surface area (Å²) >= 11 is 0. The summed E-state index contributed by atoms with van der Waals surface area (Å²) in [5.41, 5.74) is -0.107. The molecule has 21 nitrogen and oxygen atoms in total. The van der Waals surface area contributed by atoms with Crippen molar-refractivity contribution in [2.75, 3.05) is 6.61 Å². The van der Waals surface area contributed by atoms with Crippen molar-refractivity contribution in [3.63, 3.8) is 0 Å². The second-order valence-electron chi connectivity index (χ2n) is 14.4. The van der Waals surface area contributed by atoms with Crippen LogP contribution < -0.4 is 4.74 Å². The summed E-state index contributed by atoms with van der Waals surface area (Å²) in [6.45, 7) is 4.28. The van der Waals surface area contributed by atoms with Gasteiger partial charge in [-0.05, 0) is 31.5 Å². The number of aliphatic hydroxyl groups is 6. The third-order valence-corrected chi connectivity index (χ3v) is 10.1. The Morgan fingerprint density at radius 3 is 1.88 bits per heavy atom. The van der Waals surface area contributed by atoms with E-state index in [4.69, 9.17) is 42.6 Å². The number of ether oxygens (including phenoxy) is 9. The third kappa shape index (κ3) is 8.85. The maximum absolute atomic E-state index is 13.9. The maximum Gasteiger partial charge on any atom is 0.303 e. The Bertz CT molecular complexity index is 1790. The number of ketones is 1. The number of phenolic OH excluding ortho intramolecular Hbond substituents is 3. The Morgan fingerprint density at radius 2 is 1.24 bits per heavy atom. The van der Waals surface area contributed by atoms with Gasteiger partial charge in [0.15, 0.2) is 43.3 Å². The quantitative estimate of drug-likeness (QED) is 0.119. The van der Waals surface area contributed by atoms with Gasteiger partial charge in [0.1, 0.15) is 77.4 Å². The van der Waals surface area contributed by atoms with Crippen LogP contribution in [-0.2, 0) is 47.5 Å². The van der Waals surface area contributed by atoms with Gasteiger partial charge >= 0.3 is 11.9 Å². The number of fused-ring (bicyclic) bond motifs is 1. The van der Waals surface area contributed by atoms with Gasteiger partial charge in [-0.15, -0.1) is 0 Å². The number of hydrogen-bond donors (Lipinski definition) is 9. The van der Waals surface area contributed by atoms with E-state index in [-0.39, 0.29) is 22.6 Å². The molecule has 0 spiro atoms. The average Bonchev–Trinajstić information content (AvgIpc) is 3.15. The van der Waals surface area contributed by atoms with Gasteiger partial charge in [-0.25, -0.2) is 0 Å². The first-order valence-electron chi connectivity index (χ1n) is 18.2. The molecule has 3 saturated heterocycles. The predicted octanol–water partition coefficient (Wildman–Crippen LogP) is -1.85. The number of Topliss-reactive ketones (excluding diaryl/α,β-unsaturated/α-hetero) is 1. The molecule has 9 N–H and O–H groups in total. The molecule has 17 atom stereocenters. The standard InChI is InChI=1S/C37H46O21/c1-12-23(43)26(46)28(48)35(51-12)58-33-30(53-14(3)38)13(2)52-37(34(33)54-15(4)39)50-11-21-24(44)27(47)29(49)36(56-21)57-32-25(45)22-19(42)9-18(41)10-20(22)55-31(32)16-5-7-17(40)8-6-16/h5-10,12-13,21,23-24,26-37,40-44,46-49H,11H2,1-4H3/t12-,13-,21-,23+,24+,26-,27-,28-,29-,30+,31?,32?,33-,34-,35+,36+,37-/m1/s1. The molecule has 6 rings (SSSR count). The minimum atomic E-state index is -1.99. The Labute approximate surface area is 329 Å². The molecule has 2 unspecified atom stereocenters. The highest BCUT2D eigenvalue weighted by atomic mass is 16.8. The summed E-state index contributed by atoms with van der Waals surface area (Å²) in [6, 6.07) is 7.41. The van der Waals surface area contributed by atoms with E-state index in [0.717, 1.165) is 26.0 Å². The fourth-order valence-electron chi connectivity index (χ4n) is 7.16. The molecule has 320 valence electrons. The smallest absolute Gasteiger partial charge is 0.303 e. The molecule has 0 radical (unpaired) electrons. The summed E-state index contributed by atoms with van der Waals surface area (Å²) in [6.07, 6.45) is -27.3. The Hall–Kier alpha value is -4.23. The zero-order valence-electron chi connectivity index (χ0n) is 31.4. The minimum absolute atomic E-state index is 0.120. The molecular formula is C37H46O21. The molecule has 2 aromatic carbocycles. The van der Waals surface area contributed by atoms with E-state index in [1.165, 1.54) is 38.1 Å². The van der Waals surface area contributed by atoms with Gasteiger partial charge in [0.2, 0.25) is 5.78 Å². The van der Waals surface area contributed by atoms with E-state index >= 15 is 0 Å². The fourth-order valence-corrected chi connectivity index (χ4v) is 7.16. The minimum Gasteiger partial charge on any atom is -0.508 e. The van der Waals surface area contributed by atoms with E-state index in [0.29, 0.717) is 0 Å². The fraction of sp³-hybridized carbons (Fsp3) is 0.595. The lowest BCUT2D eigenvalue weighted by molar-refractivity contribution is -0.361. The van der Waals surface area contributed by atoms with Crippen LogP contribution in [0.25, 0.3) is 0 Å². The van der Waals surface area contributed by atoms with Crippen LogP contribution in [0.4, 0.5) is 0 Å². The number of aromatic hydroxyl groups is 3. The van der Waals surface area contributed by atoms with Gasteiger partial charge in [-0.2, -0.15) is 0 Å². The third-order valence-electron chi connectivity index (χ3n) is 10.1. The number of hydrogen-bond acceptors (Lipinski definition) is 21. The van der Waals surface area contributed by atoms with Crippen molar-refractivity contribution in [2.45, 2.75) is 132 Å². The highest BCUT2D eigenvalue weighted by molar-refractivity contribution is 6.05. The summed E-state index contributed by atoms with van der Waals surface area (Å²) < 4.78 is 52.2. The van der Waals surface area contributed by atoms with Crippen molar-refractivity contribution >= 4 is 17.7 Å². The average molecular weight is 827 g/mol. The summed E-state index contributed by atoms with van der Waals surface area (Å²) in [5, 5.41) is 94.7. The molecule has 0 bridgehead atoms. The van der Waals surface area contributed by atoms with E-state index in [2.05, 4.69) is 0 Å². The molecule has 0 amide bonds. The highest BCUT2D eigenvalue weighted by Crippen LogP contribution is 2.44. The Balaban J connectivity index is 1.24. The highest BCUT2D eigenvalue weighted by Gasteiger charge is 2.55. The van der Waals surface area contributed by atoms with E-state index in [9.17, 15) is 60.3 Å². The van der Waals surface area contributed by atoms with Crippen LogP contribution in [0.3, 0.4) is 0 Å². The summed E-state index contributed by atoms with van der Waals surface area (Å²) in [4.78, 5) is 38.5. The molecule has 58 heavy (non-hydrogen) atoms. The first kappa shape index (κ1) is 43.4. The molecule has 4 heterocycles. The van der Waals surface area contributed by atoms with Crippen LogP contribution in [0.2, 0.25) is 0 Å². The molecule has 4 aliphatic rings. The van der Waals surface area contributed by atoms with E-state index in [1.54, 1.807) is 0 Å². The molecule has 0 saturated carbocycles. The van der Waals surface area contributed by atoms with Gasteiger partial charge in [-0.1, -0.05) is 12.1 Å². The van der Waals surface area contributed by atoms with Crippen molar-refractivity contribution in [1.29, 1.82) is 0 Å². The zero-order valence-corrected chi connectivity index (χ0v) is 31.4. The monoisotopic (exact) mass is 826 g/mol. The van der Waals surface area contributed by atoms with E-state index in [1.807, 2.05) is 0 Å². The summed E-state index contributed by atoms with van der Waals surface area (Å²) in [7, 11) is 0. The maximum atomic E-state index is 13.9. The van der Waals surface area contributed by atoms with Crippen molar-refractivity contribution in [3.8, 4) is 23.0 Å². The number of carbonyl (C=O) groups excluding carboxylic acids is 3. The van der Waals surface area contributed by atoms with Crippen molar-refractivity contribution in [1.82, 2.24) is 0 Å². The molecule has 4 aliphatic heterocycles. The number of phenols is 3.